The number of hydrogen-bond acceptors (Lipinski definition) is 6. The molecule has 7 nitrogen and oxygen atoms in total. The van der Waals surface area contributed by atoms with Crippen LogP contribution in [0.25, 0.3) is 11.1 Å². The van der Waals surface area contributed by atoms with Gasteiger partial charge in [-0.15, -0.1) is 0 Å². The summed E-state index contributed by atoms with van der Waals surface area (Å²) in [5, 5.41) is 0.0897. The minimum atomic E-state index is -3.33. The van der Waals surface area contributed by atoms with Gasteiger partial charge in [-0.1, -0.05) is 6.07 Å². The molecule has 1 saturated heterocycles. The van der Waals surface area contributed by atoms with E-state index in [0.717, 1.165) is 41.7 Å². The number of ether oxygens (including phenoxy) is 2. The fourth-order valence-electron chi connectivity index (χ4n) is 4.49. The van der Waals surface area contributed by atoms with Crippen LogP contribution in [0.2, 0.25) is 0 Å². The van der Waals surface area contributed by atoms with Gasteiger partial charge in [-0.2, -0.15) is 0 Å². The minimum Gasteiger partial charge on any atom is -0.490 e. The first kappa shape index (κ1) is 22.6. The Morgan fingerprint density at radius 1 is 1.19 bits per heavy atom. The van der Waals surface area contributed by atoms with Gasteiger partial charge in [-0.25, -0.2) is 18.2 Å². The van der Waals surface area contributed by atoms with Gasteiger partial charge < -0.3 is 14.4 Å². The Hall–Kier alpha value is -2.61. The molecule has 1 aromatic heterocycles. The highest BCUT2D eigenvalue weighted by Crippen LogP contribution is 2.38. The molecule has 0 aliphatic carbocycles. The van der Waals surface area contributed by atoms with Crippen molar-refractivity contribution in [3.63, 3.8) is 0 Å². The Kier molecular flexibility index (Phi) is 6.16. The first-order valence-corrected chi connectivity index (χ1v) is 12.9. The van der Waals surface area contributed by atoms with Crippen molar-refractivity contribution in [3.05, 3.63) is 41.6 Å². The number of nitrogens with zero attached hydrogens (tertiary/aromatic N) is 2. The van der Waals surface area contributed by atoms with Gasteiger partial charge in [0.1, 0.15) is 11.9 Å². The van der Waals surface area contributed by atoms with Crippen LogP contribution in [0.4, 0.5) is 4.79 Å². The number of carbonyl (C=O) groups is 1. The lowest BCUT2D eigenvalue weighted by Gasteiger charge is -2.34. The lowest BCUT2D eigenvalue weighted by atomic mass is 9.88. The summed E-state index contributed by atoms with van der Waals surface area (Å²) in [6, 6.07) is 9.48. The van der Waals surface area contributed by atoms with E-state index in [-0.39, 0.29) is 23.3 Å². The molecule has 1 atom stereocenters. The van der Waals surface area contributed by atoms with E-state index in [1.165, 1.54) is 6.26 Å². The molecule has 2 aliphatic rings. The molecule has 4 rings (SSSR count). The van der Waals surface area contributed by atoms with Crippen LogP contribution in [-0.2, 0) is 21.0 Å². The molecule has 2 aliphatic heterocycles. The quantitative estimate of drug-likeness (QED) is 0.688. The number of fused-ring (bicyclic) bond motifs is 1. The third-order valence-corrected chi connectivity index (χ3v) is 7.16. The Balaban J connectivity index is 1.43. The maximum Gasteiger partial charge on any atom is 0.410 e. The average Bonchev–Trinajstić information content (AvgIpc) is 3.16. The van der Waals surface area contributed by atoms with Gasteiger partial charge in [0.25, 0.3) is 0 Å². The SMILES string of the molecule is Cc1nc(S(C)(=O)=O)ccc1-c1ccc2c(c1)CC(C1CCN(C(=O)OC(C)C)CC1)O2. The highest BCUT2D eigenvalue weighted by molar-refractivity contribution is 7.90. The number of aryl methyl sites for hydroxylation is 1. The molecule has 0 spiro atoms. The Morgan fingerprint density at radius 3 is 2.53 bits per heavy atom. The molecule has 1 fully saturated rings. The summed E-state index contributed by atoms with van der Waals surface area (Å²) >= 11 is 0. The van der Waals surface area contributed by atoms with Crippen LogP contribution in [0.1, 0.15) is 37.9 Å². The molecule has 172 valence electrons. The van der Waals surface area contributed by atoms with Gasteiger partial charge in [0, 0.05) is 37.0 Å². The van der Waals surface area contributed by atoms with Crippen LogP contribution in [0, 0.1) is 12.8 Å². The molecule has 8 heteroatoms. The van der Waals surface area contributed by atoms with Crippen molar-refractivity contribution in [1.29, 1.82) is 0 Å². The van der Waals surface area contributed by atoms with E-state index < -0.39 is 9.84 Å². The lowest BCUT2D eigenvalue weighted by molar-refractivity contribution is 0.0503. The average molecular weight is 459 g/mol. The second-order valence-electron chi connectivity index (χ2n) is 8.99. The zero-order valence-electron chi connectivity index (χ0n) is 19.0. The molecule has 0 saturated carbocycles. The van der Waals surface area contributed by atoms with Crippen LogP contribution in [0.5, 0.6) is 5.75 Å². The number of pyridine rings is 1. The molecule has 1 unspecified atom stereocenters. The number of hydrogen-bond donors (Lipinski definition) is 0. The zero-order valence-corrected chi connectivity index (χ0v) is 19.8. The molecule has 2 aromatic rings. The summed E-state index contributed by atoms with van der Waals surface area (Å²) in [7, 11) is -3.33. The molecular weight excluding hydrogens is 428 g/mol. The first-order chi connectivity index (χ1) is 15.1. The van der Waals surface area contributed by atoms with E-state index in [1.807, 2.05) is 39.0 Å². The number of rotatable bonds is 4. The summed E-state index contributed by atoms with van der Waals surface area (Å²) in [6.07, 6.45) is 3.56. The van der Waals surface area contributed by atoms with Crippen LogP contribution < -0.4 is 4.74 Å². The van der Waals surface area contributed by atoms with Gasteiger partial charge in [-0.3, -0.25) is 0 Å². The molecule has 1 aromatic carbocycles. The highest BCUT2D eigenvalue weighted by atomic mass is 32.2. The summed E-state index contributed by atoms with van der Waals surface area (Å²) in [6.45, 7) is 6.93. The predicted octanol–water partition coefficient (Wildman–Crippen LogP) is 4.02. The van der Waals surface area contributed by atoms with E-state index in [4.69, 9.17) is 9.47 Å². The number of carbonyl (C=O) groups excluding carboxylic acids is 1. The summed E-state index contributed by atoms with van der Waals surface area (Å²) in [5.74, 6) is 1.30. The van der Waals surface area contributed by atoms with Gasteiger partial charge in [0.2, 0.25) is 0 Å². The number of aromatic nitrogens is 1. The van der Waals surface area contributed by atoms with Gasteiger partial charge in [0.15, 0.2) is 14.9 Å². The Labute approximate surface area is 189 Å². The van der Waals surface area contributed by atoms with Crippen molar-refractivity contribution in [2.24, 2.45) is 5.92 Å². The number of benzene rings is 1. The monoisotopic (exact) mass is 458 g/mol. The normalized spacial score (nSPS) is 19.0. The van der Waals surface area contributed by atoms with Crippen LogP contribution in [-0.4, -0.2) is 55.9 Å². The molecule has 32 heavy (non-hydrogen) atoms. The van der Waals surface area contributed by atoms with Crippen molar-refractivity contribution < 1.29 is 22.7 Å². The molecule has 3 heterocycles. The highest BCUT2D eigenvalue weighted by Gasteiger charge is 2.34. The third kappa shape index (κ3) is 4.75. The fraction of sp³-hybridized carbons (Fsp3) is 0.500. The minimum absolute atomic E-state index is 0.0897. The molecule has 0 N–H and O–H groups in total. The summed E-state index contributed by atoms with van der Waals surface area (Å²) in [5.41, 5.74) is 3.76. The van der Waals surface area contributed by atoms with Gasteiger partial charge in [-0.05, 0) is 74.9 Å². The lowest BCUT2D eigenvalue weighted by Crippen LogP contribution is -2.43. The van der Waals surface area contributed by atoms with Crippen molar-refractivity contribution in [2.45, 2.75) is 57.3 Å². The Morgan fingerprint density at radius 2 is 1.91 bits per heavy atom. The molecule has 0 bridgehead atoms. The third-order valence-electron chi connectivity index (χ3n) is 6.17. The largest absolute Gasteiger partial charge is 0.490 e. The van der Waals surface area contributed by atoms with Gasteiger partial charge >= 0.3 is 6.09 Å². The van der Waals surface area contributed by atoms with Crippen LogP contribution in [0.15, 0.2) is 35.4 Å². The predicted molar refractivity (Wildman–Crippen MR) is 122 cm³/mol. The van der Waals surface area contributed by atoms with E-state index in [0.29, 0.717) is 24.7 Å². The van der Waals surface area contributed by atoms with Crippen LogP contribution in [0.3, 0.4) is 0 Å². The smallest absolute Gasteiger partial charge is 0.410 e. The molecular formula is C24H30N2O5S. The van der Waals surface area contributed by atoms with Crippen molar-refractivity contribution in [2.75, 3.05) is 19.3 Å². The fourth-order valence-corrected chi connectivity index (χ4v) is 5.10. The second-order valence-corrected chi connectivity index (χ2v) is 11.0. The summed E-state index contributed by atoms with van der Waals surface area (Å²) < 4.78 is 35.1. The topological polar surface area (TPSA) is 85.8 Å². The summed E-state index contributed by atoms with van der Waals surface area (Å²) in [4.78, 5) is 18.2. The standard InChI is InChI=1S/C24H30N2O5S/c1-15(2)30-24(27)26-11-9-17(10-12-26)22-14-19-13-18(5-7-21(19)31-22)20-6-8-23(25-16(20)3)32(4,28)29/h5-8,13,15,17,22H,9-12,14H2,1-4H3. The van der Waals surface area contributed by atoms with E-state index >= 15 is 0 Å². The van der Waals surface area contributed by atoms with Gasteiger partial charge in [0.05, 0.1) is 6.10 Å². The zero-order chi connectivity index (χ0) is 23.0. The second kappa shape index (κ2) is 8.73. The van der Waals surface area contributed by atoms with E-state index in [1.54, 1.807) is 11.0 Å². The number of sulfone groups is 1. The van der Waals surface area contributed by atoms with Crippen molar-refractivity contribution in [3.8, 4) is 16.9 Å². The Bertz CT molecular complexity index is 1120. The molecule has 0 radical (unpaired) electrons. The number of likely N-dealkylation sites (tertiary alicyclic amines) is 1. The van der Waals surface area contributed by atoms with Crippen LogP contribution >= 0.6 is 0 Å². The van der Waals surface area contributed by atoms with E-state index in [9.17, 15) is 13.2 Å². The molecule has 1 amide bonds. The van der Waals surface area contributed by atoms with Crippen molar-refractivity contribution >= 4 is 15.9 Å². The van der Waals surface area contributed by atoms with Crippen molar-refractivity contribution in [1.82, 2.24) is 9.88 Å². The maximum atomic E-state index is 12.1. The first-order valence-electron chi connectivity index (χ1n) is 11.0. The number of piperidine rings is 1. The maximum absolute atomic E-state index is 12.1. The van der Waals surface area contributed by atoms with E-state index in [2.05, 4.69) is 11.1 Å². The number of amides is 1.